The van der Waals surface area contributed by atoms with Gasteiger partial charge >= 0.3 is 5.97 Å². The van der Waals surface area contributed by atoms with Gasteiger partial charge < -0.3 is 19.9 Å². The van der Waals surface area contributed by atoms with E-state index in [0.29, 0.717) is 37.7 Å². The van der Waals surface area contributed by atoms with Crippen LogP contribution in [-0.2, 0) is 9.53 Å². The summed E-state index contributed by atoms with van der Waals surface area (Å²) >= 11 is 0. The Balaban J connectivity index is 1.51. The molecule has 1 saturated carbocycles. The molecule has 1 amide bonds. The van der Waals surface area contributed by atoms with Gasteiger partial charge in [0.15, 0.2) is 0 Å². The van der Waals surface area contributed by atoms with Gasteiger partial charge in [-0.2, -0.15) is 0 Å². The highest BCUT2D eigenvalue weighted by molar-refractivity contribution is 5.87. The number of hydrogen-bond donors (Lipinski definition) is 2. The summed E-state index contributed by atoms with van der Waals surface area (Å²) in [5.74, 6) is 0.398. The third kappa shape index (κ3) is 5.21. The molecule has 0 spiro atoms. The summed E-state index contributed by atoms with van der Waals surface area (Å²) < 4.78 is 11.4. The molecule has 26 heavy (non-hydrogen) atoms. The van der Waals surface area contributed by atoms with Crippen molar-refractivity contribution in [1.82, 2.24) is 5.32 Å². The molecule has 1 aliphatic heterocycles. The smallest absolute Gasteiger partial charge is 0.335 e. The average molecular weight is 361 g/mol. The van der Waals surface area contributed by atoms with Gasteiger partial charge in [0, 0.05) is 13.0 Å². The fraction of sp³-hybridized carbons (Fsp3) is 0.600. The van der Waals surface area contributed by atoms with Gasteiger partial charge in [-0.05, 0) is 43.0 Å². The Morgan fingerprint density at radius 2 is 1.88 bits per heavy atom. The van der Waals surface area contributed by atoms with Crippen molar-refractivity contribution in [2.45, 2.75) is 57.1 Å². The number of carbonyl (C=O) groups is 2. The number of benzene rings is 1. The monoisotopic (exact) mass is 361 g/mol. The Morgan fingerprint density at radius 1 is 1.15 bits per heavy atom. The van der Waals surface area contributed by atoms with Crippen LogP contribution in [0.3, 0.4) is 0 Å². The zero-order valence-corrected chi connectivity index (χ0v) is 15.0. The van der Waals surface area contributed by atoms with Gasteiger partial charge in [0.1, 0.15) is 11.9 Å². The molecule has 0 unspecified atom stereocenters. The maximum absolute atomic E-state index is 12.3. The second-order valence-corrected chi connectivity index (χ2v) is 7.21. The number of carboxylic acids is 1. The summed E-state index contributed by atoms with van der Waals surface area (Å²) in [6, 6.07) is 6.21. The van der Waals surface area contributed by atoms with Crippen LogP contribution in [0.25, 0.3) is 0 Å². The lowest BCUT2D eigenvalue weighted by Gasteiger charge is -2.32. The first-order chi connectivity index (χ1) is 12.6. The van der Waals surface area contributed by atoms with E-state index in [1.807, 2.05) is 0 Å². The van der Waals surface area contributed by atoms with Crippen LogP contribution in [0, 0.1) is 5.92 Å². The topological polar surface area (TPSA) is 84.9 Å². The minimum atomic E-state index is -0.968. The van der Waals surface area contributed by atoms with Crippen molar-refractivity contribution in [3.05, 3.63) is 29.8 Å². The van der Waals surface area contributed by atoms with Crippen molar-refractivity contribution >= 4 is 11.9 Å². The molecular formula is C20H27NO5. The predicted molar refractivity (Wildman–Crippen MR) is 96.4 cm³/mol. The van der Waals surface area contributed by atoms with E-state index >= 15 is 0 Å². The molecular weight excluding hydrogens is 334 g/mol. The lowest BCUT2D eigenvalue weighted by Crippen LogP contribution is -2.51. The molecule has 1 aromatic rings. The fourth-order valence-corrected chi connectivity index (χ4v) is 3.76. The highest BCUT2D eigenvalue weighted by Gasteiger charge is 2.29. The molecule has 2 atom stereocenters. The van der Waals surface area contributed by atoms with Crippen molar-refractivity contribution < 1.29 is 24.2 Å². The molecule has 0 aromatic heterocycles. The van der Waals surface area contributed by atoms with Gasteiger partial charge in [-0.25, -0.2) is 4.79 Å². The van der Waals surface area contributed by atoms with E-state index in [9.17, 15) is 9.59 Å². The van der Waals surface area contributed by atoms with E-state index in [-0.39, 0.29) is 23.6 Å². The van der Waals surface area contributed by atoms with Gasteiger partial charge in [-0.1, -0.05) is 25.7 Å². The number of carbonyl (C=O) groups excluding carboxylic acids is 1. The van der Waals surface area contributed by atoms with Crippen molar-refractivity contribution in [2.24, 2.45) is 5.92 Å². The molecule has 2 fully saturated rings. The molecule has 1 aliphatic carbocycles. The molecule has 2 aliphatic rings. The Labute approximate surface area is 153 Å². The number of rotatable bonds is 7. The standard InChI is InChI=1S/C20H27NO5/c22-19(10-5-14-3-1-2-4-14)21-17-11-12-25-13-18(17)26-16-8-6-15(7-9-16)20(23)24/h6-9,14,17-18H,1-5,10-13H2,(H,21,22)(H,23,24)/t17-,18-/m1/s1. The molecule has 1 heterocycles. The van der Waals surface area contributed by atoms with Gasteiger partial charge in [0.05, 0.1) is 18.2 Å². The van der Waals surface area contributed by atoms with Crippen LogP contribution in [-0.4, -0.2) is 42.3 Å². The minimum absolute atomic E-state index is 0.0821. The van der Waals surface area contributed by atoms with Crippen molar-refractivity contribution in [2.75, 3.05) is 13.2 Å². The molecule has 6 nitrogen and oxygen atoms in total. The van der Waals surface area contributed by atoms with E-state index < -0.39 is 5.97 Å². The second kappa shape index (κ2) is 9.03. The van der Waals surface area contributed by atoms with Crippen LogP contribution in [0.5, 0.6) is 5.75 Å². The predicted octanol–water partition coefficient (Wildman–Crippen LogP) is 3.01. The number of aromatic carboxylic acids is 1. The van der Waals surface area contributed by atoms with Gasteiger partial charge in [0.25, 0.3) is 0 Å². The van der Waals surface area contributed by atoms with E-state index in [4.69, 9.17) is 14.6 Å². The number of amides is 1. The van der Waals surface area contributed by atoms with Crippen molar-refractivity contribution in [1.29, 1.82) is 0 Å². The summed E-state index contributed by atoms with van der Waals surface area (Å²) in [7, 11) is 0. The second-order valence-electron chi connectivity index (χ2n) is 7.21. The Kier molecular flexibility index (Phi) is 6.50. The molecule has 0 radical (unpaired) electrons. The highest BCUT2D eigenvalue weighted by atomic mass is 16.5. The molecule has 3 rings (SSSR count). The van der Waals surface area contributed by atoms with Crippen LogP contribution in [0.15, 0.2) is 24.3 Å². The Bertz CT molecular complexity index is 609. The molecule has 6 heteroatoms. The Hall–Kier alpha value is -2.08. The normalized spacial score (nSPS) is 23.5. The fourth-order valence-electron chi connectivity index (χ4n) is 3.76. The van der Waals surface area contributed by atoms with Crippen LogP contribution < -0.4 is 10.1 Å². The maximum Gasteiger partial charge on any atom is 0.335 e. The molecule has 1 aromatic carbocycles. The summed E-state index contributed by atoms with van der Waals surface area (Å²) in [5.41, 5.74) is 0.217. The van der Waals surface area contributed by atoms with E-state index in [2.05, 4.69) is 5.32 Å². The maximum atomic E-state index is 12.3. The van der Waals surface area contributed by atoms with E-state index in [1.165, 1.54) is 37.8 Å². The first kappa shape index (κ1) is 18.7. The van der Waals surface area contributed by atoms with E-state index in [0.717, 1.165) is 6.42 Å². The lowest BCUT2D eigenvalue weighted by molar-refractivity contribution is -0.124. The van der Waals surface area contributed by atoms with Crippen LogP contribution in [0.4, 0.5) is 0 Å². The molecule has 1 saturated heterocycles. The first-order valence-corrected chi connectivity index (χ1v) is 9.49. The summed E-state index contributed by atoms with van der Waals surface area (Å²) in [5, 5.41) is 12.1. The third-order valence-corrected chi connectivity index (χ3v) is 5.29. The molecule has 0 bridgehead atoms. The molecule has 142 valence electrons. The third-order valence-electron chi connectivity index (χ3n) is 5.29. The lowest BCUT2D eigenvalue weighted by atomic mass is 10.0. The van der Waals surface area contributed by atoms with Crippen molar-refractivity contribution in [3.63, 3.8) is 0 Å². The van der Waals surface area contributed by atoms with Gasteiger partial charge in [-0.15, -0.1) is 0 Å². The van der Waals surface area contributed by atoms with Crippen LogP contribution >= 0.6 is 0 Å². The quantitative estimate of drug-likeness (QED) is 0.780. The largest absolute Gasteiger partial charge is 0.486 e. The number of ether oxygens (including phenoxy) is 2. The summed E-state index contributed by atoms with van der Waals surface area (Å²) in [6.07, 6.45) is 7.08. The van der Waals surface area contributed by atoms with E-state index in [1.54, 1.807) is 12.1 Å². The average Bonchev–Trinajstić information content (AvgIpc) is 3.16. The number of nitrogens with one attached hydrogen (secondary N) is 1. The highest BCUT2D eigenvalue weighted by Crippen LogP contribution is 2.28. The summed E-state index contributed by atoms with van der Waals surface area (Å²) in [4.78, 5) is 23.2. The zero-order valence-electron chi connectivity index (χ0n) is 15.0. The van der Waals surface area contributed by atoms with Crippen molar-refractivity contribution in [3.8, 4) is 5.75 Å². The first-order valence-electron chi connectivity index (χ1n) is 9.49. The van der Waals surface area contributed by atoms with Crippen LogP contribution in [0.1, 0.15) is 55.3 Å². The molecule has 2 N–H and O–H groups in total. The Morgan fingerprint density at radius 3 is 2.58 bits per heavy atom. The van der Waals surface area contributed by atoms with Gasteiger partial charge in [0.2, 0.25) is 5.91 Å². The summed E-state index contributed by atoms with van der Waals surface area (Å²) in [6.45, 7) is 1.01. The number of hydrogen-bond acceptors (Lipinski definition) is 4. The number of carboxylic acid groups (broad SMARTS) is 1. The SMILES string of the molecule is O=C(CCC1CCCC1)N[C@@H]1CCOC[C@H]1Oc1ccc(C(=O)O)cc1. The van der Waals surface area contributed by atoms with Crippen LogP contribution in [0.2, 0.25) is 0 Å². The zero-order chi connectivity index (χ0) is 18.4. The minimum Gasteiger partial charge on any atom is -0.486 e. The van der Waals surface area contributed by atoms with Gasteiger partial charge in [-0.3, -0.25) is 4.79 Å².